The van der Waals surface area contributed by atoms with E-state index in [1.165, 1.54) is 24.3 Å². The molecule has 0 bridgehead atoms. The Morgan fingerprint density at radius 1 is 1.04 bits per heavy atom. The predicted octanol–water partition coefficient (Wildman–Crippen LogP) is 3.80. The van der Waals surface area contributed by atoms with Gasteiger partial charge in [0, 0.05) is 22.9 Å². The lowest BCUT2D eigenvalue weighted by molar-refractivity contribution is 0.102. The van der Waals surface area contributed by atoms with Crippen LogP contribution in [0.15, 0.2) is 66.9 Å². The molecule has 1 N–H and O–H groups in total. The zero-order chi connectivity index (χ0) is 18.8. The van der Waals surface area contributed by atoms with Crippen molar-refractivity contribution in [2.45, 2.75) is 0 Å². The normalized spacial score (nSPS) is 10.7. The van der Waals surface area contributed by atoms with E-state index >= 15 is 0 Å². The zero-order valence-electron chi connectivity index (χ0n) is 14.4. The third kappa shape index (κ3) is 3.48. The van der Waals surface area contributed by atoms with E-state index in [0.29, 0.717) is 22.8 Å². The van der Waals surface area contributed by atoms with Crippen LogP contribution >= 0.6 is 0 Å². The number of hydrogen-bond donors (Lipinski definition) is 1. The zero-order valence-corrected chi connectivity index (χ0v) is 14.4. The highest BCUT2D eigenvalue weighted by molar-refractivity contribution is 6.04. The van der Waals surface area contributed by atoms with Crippen molar-refractivity contribution >= 4 is 17.2 Å². The SMILES string of the molecule is COc1ccc2nc(-c3ccc(NC(=O)c4ccc(F)cc4)cc3)cn2n1. The number of anilines is 1. The van der Waals surface area contributed by atoms with Crippen molar-refractivity contribution in [1.82, 2.24) is 14.6 Å². The van der Waals surface area contributed by atoms with E-state index in [9.17, 15) is 9.18 Å². The molecular formula is C20H15FN4O2. The molecule has 0 radical (unpaired) electrons. The number of fused-ring (bicyclic) bond motifs is 1. The van der Waals surface area contributed by atoms with E-state index in [4.69, 9.17) is 4.74 Å². The molecule has 2 aromatic heterocycles. The number of nitrogens with zero attached hydrogens (tertiary/aromatic N) is 3. The van der Waals surface area contributed by atoms with Crippen molar-refractivity contribution in [3.05, 3.63) is 78.2 Å². The van der Waals surface area contributed by atoms with Gasteiger partial charge in [-0.3, -0.25) is 4.79 Å². The molecule has 27 heavy (non-hydrogen) atoms. The van der Waals surface area contributed by atoms with Crippen LogP contribution in [0.3, 0.4) is 0 Å². The Hall–Kier alpha value is -3.74. The Labute approximate surface area is 154 Å². The molecular weight excluding hydrogens is 347 g/mol. The van der Waals surface area contributed by atoms with E-state index in [1.807, 2.05) is 24.4 Å². The van der Waals surface area contributed by atoms with Crippen LogP contribution in [-0.2, 0) is 0 Å². The highest BCUT2D eigenvalue weighted by atomic mass is 19.1. The Morgan fingerprint density at radius 3 is 2.48 bits per heavy atom. The number of carbonyl (C=O) groups excluding carboxylic acids is 1. The summed E-state index contributed by atoms with van der Waals surface area (Å²) in [5.41, 5.74) is 3.38. The number of ether oxygens (including phenoxy) is 1. The summed E-state index contributed by atoms with van der Waals surface area (Å²) in [6, 6.07) is 16.3. The standard InChI is InChI=1S/C20H15FN4O2/c1-27-19-11-10-18-23-17(12-25(18)24-19)13-4-8-16(9-5-13)22-20(26)14-2-6-15(21)7-3-14/h2-12H,1H3,(H,22,26). The summed E-state index contributed by atoms with van der Waals surface area (Å²) in [5.74, 6) is -0.174. The van der Waals surface area contributed by atoms with Crippen LogP contribution < -0.4 is 10.1 Å². The molecule has 0 atom stereocenters. The van der Waals surface area contributed by atoms with E-state index in [0.717, 1.165) is 11.3 Å². The Morgan fingerprint density at radius 2 is 1.78 bits per heavy atom. The van der Waals surface area contributed by atoms with E-state index < -0.39 is 0 Å². The molecule has 0 aliphatic rings. The third-order valence-corrected chi connectivity index (χ3v) is 4.05. The number of hydrogen-bond acceptors (Lipinski definition) is 4. The lowest BCUT2D eigenvalue weighted by Crippen LogP contribution is -2.11. The minimum absolute atomic E-state index is 0.299. The average Bonchev–Trinajstić information content (AvgIpc) is 3.12. The van der Waals surface area contributed by atoms with Gasteiger partial charge < -0.3 is 10.1 Å². The van der Waals surface area contributed by atoms with Gasteiger partial charge >= 0.3 is 0 Å². The smallest absolute Gasteiger partial charge is 0.255 e. The molecule has 7 heteroatoms. The molecule has 4 rings (SSSR count). The molecule has 0 aliphatic carbocycles. The molecule has 2 heterocycles. The van der Waals surface area contributed by atoms with Gasteiger partial charge in [0.15, 0.2) is 5.65 Å². The molecule has 0 saturated heterocycles. The summed E-state index contributed by atoms with van der Waals surface area (Å²) in [5, 5.41) is 7.07. The van der Waals surface area contributed by atoms with Gasteiger partial charge in [-0.2, -0.15) is 0 Å². The van der Waals surface area contributed by atoms with Gasteiger partial charge in [-0.15, -0.1) is 5.10 Å². The number of nitrogens with one attached hydrogen (secondary N) is 1. The monoisotopic (exact) mass is 362 g/mol. The second kappa shape index (κ2) is 6.87. The molecule has 0 saturated carbocycles. The highest BCUT2D eigenvalue weighted by Crippen LogP contribution is 2.22. The fourth-order valence-electron chi connectivity index (χ4n) is 2.64. The summed E-state index contributed by atoms with van der Waals surface area (Å²) < 4.78 is 19.7. The molecule has 0 unspecified atom stereocenters. The van der Waals surface area contributed by atoms with E-state index in [1.54, 1.807) is 29.8 Å². The summed E-state index contributed by atoms with van der Waals surface area (Å²) in [6.07, 6.45) is 1.81. The molecule has 4 aromatic rings. The van der Waals surface area contributed by atoms with Crippen LogP contribution in [0.4, 0.5) is 10.1 Å². The van der Waals surface area contributed by atoms with Gasteiger partial charge in [0.25, 0.3) is 5.91 Å². The molecule has 0 spiro atoms. The first-order valence-corrected chi connectivity index (χ1v) is 8.20. The largest absolute Gasteiger partial charge is 0.480 e. The summed E-state index contributed by atoms with van der Waals surface area (Å²) in [4.78, 5) is 16.7. The van der Waals surface area contributed by atoms with Gasteiger partial charge in [-0.25, -0.2) is 13.9 Å². The van der Waals surface area contributed by atoms with Gasteiger partial charge in [-0.05, 0) is 42.5 Å². The minimum atomic E-state index is -0.379. The van der Waals surface area contributed by atoms with Gasteiger partial charge in [0.2, 0.25) is 5.88 Å². The van der Waals surface area contributed by atoms with Crippen LogP contribution in [0.1, 0.15) is 10.4 Å². The Balaban J connectivity index is 1.53. The lowest BCUT2D eigenvalue weighted by Gasteiger charge is -2.06. The van der Waals surface area contributed by atoms with Crippen molar-refractivity contribution in [3.63, 3.8) is 0 Å². The van der Waals surface area contributed by atoms with Gasteiger partial charge in [0.05, 0.1) is 19.0 Å². The number of halogens is 1. The number of benzene rings is 2. The van der Waals surface area contributed by atoms with Crippen molar-refractivity contribution in [3.8, 4) is 17.1 Å². The quantitative estimate of drug-likeness (QED) is 0.600. The number of imidazole rings is 1. The number of carbonyl (C=O) groups is 1. The lowest BCUT2D eigenvalue weighted by atomic mass is 10.1. The van der Waals surface area contributed by atoms with Gasteiger partial charge in [-0.1, -0.05) is 12.1 Å². The molecule has 0 fully saturated rings. The first-order chi connectivity index (χ1) is 13.1. The van der Waals surface area contributed by atoms with Crippen molar-refractivity contribution in [1.29, 1.82) is 0 Å². The van der Waals surface area contributed by atoms with Crippen LogP contribution in [0.2, 0.25) is 0 Å². The second-order valence-electron chi connectivity index (χ2n) is 5.84. The fourth-order valence-corrected chi connectivity index (χ4v) is 2.64. The van der Waals surface area contributed by atoms with E-state index in [2.05, 4.69) is 15.4 Å². The maximum absolute atomic E-state index is 13.0. The first-order valence-electron chi connectivity index (χ1n) is 8.20. The van der Waals surface area contributed by atoms with Crippen LogP contribution in [0.25, 0.3) is 16.9 Å². The summed E-state index contributed by atoms with van der Waals surface area (Å²) in [7, 11) is 1.56. The molecule has 6 nitrogen and oxygen atoms in total. The maximum atomic E-state index is 13.0. The maximum Gasteiger partial charge on any atom is 0.255 e. The van der Waals surface area contributed by atoms with Crippen LogP contribution in [0, 0.1) is 5.82 Å². The molecule has 2 aromatic carbocycles. The average molecular weight is 362 g/mol. The summed E-state index contributed by atoms with van der Waals surface area (Å²) >= 11 is 0. The molecule has 1 amide bonds. The second-order valence-corrected chi connectivity index (χ2v) is 5.84. The summed E-state index contributed by atoms with van der Waals surface area (Å²) in [6.45, 7) is 0. The van der Waals surface area contributed by atoms with Crippen molar-refractivity contribution in [2.24, 2.45) is 0 Å². The van der Waals surface area contributed by atoms with Gasteiger partial charge in [0.1, 0.15) is 5.82 Å². The van der Waals surface area contributed by atoms with Crippen molar-refractivity contribution < 1.29 is 13.9 Å². The first kappa shape index (κ1) is 16.7. The van der Waals surface area contributed by atoms with Crippen LogP contribution in [0.5, 0.6) is 5.88 Å². The van der Waals surface area contributed by atoms with Crippen LogP contribution in [-0.4, -0.2) is 27.6 Å². The fraction of sp³-hybridized carbons (Fsp3) is 0.0500. The Kier molecular flexibility index (Phi) is 4.25. The minimum Gasteiger partial charge on any atom is -0.480 e. The molecule has 134 valence electrons. The predicted molar refractivity (Wildman–Crippen MR) is 99.3 cm³/mol. The third-order valence-electron chi connectivity index (χ3n) is 4.05. The number of methoxy groups -OCH3 is 1. The number of rotatable bonds is 4. The molecule has 0 aliphatic heterocycles. The van der Waals surface area contributed by atoms with E-state index in [-0.39, 0.29) is 11.7 Å². The topological polar surface area (TPSA) is 68.5 Å². The van der Waals surface area contributed by atoms with Crippen molar-refractivity contribution in [2.75, 3.05) is 12.4 Å². The Bertz CT molecular complexity index is 1110. The number of amides is 1. The number of aromatic nitrogens is 3. The highest BCUT2D eigenvalue weighted by Gasteiger charge is 2.09.